The second kappa shape index (κ2) is 6.28. The van der Waals surface area contributed by atoms with Crippen molar-refractivity contribution in [1.82, 2.24) is 4.98 Å². The van der Waals surface area contributed by atoms with E-state index >= 15 is 0 Å². The number of nitrogens with one attached hydrogen (secondary N) is 1. The third-order valence-corrected chi connectivity index (χ3v) is 3.39. The molecule has 0 radical (unpaired) electrons. The molecule has 0 fully saturated rings. The first-order valence-corrected chi connectivity index (χ1v) is 6.97. The van der Waals surface area contributed by atoms with Gasteiger partial charge in [0.2, 0.25) is 5.91 Å². The van der Waals surface area contributed by atoms with Crippen molar-refractivity contribution in [2.45, 2.75) is 12.3 Å². The summed E-state index contributed by atoms with van der Waals surface area (Å²) >= 11 is 3.04. The molecule has 10 heteroatoms. The van der Waals surface area contributed by atoms with Gasteiger partial charge in [-0.2, -0.15) is 13.2 Å². The summed E-state index contributed by atoms with van der Waals surface area (Å²) in [4.78, 5) is 14.1. The van der Waals surface area contributed by atoms with Crippen LogP contribution in [0.3, 0.4) is 0 Å². The van der Waals surface area contributed by atoms with E-state index in [4.69, 9.17) is 5.73 Å². The minimum Gasteiger partial charge on any atom is -0.381 e. The largest absolute Gasteiger partial charge is 0.433 e. The van der Waals surface area contributed by atoms with E-state index in [-0.39, 0.29) is 11.1 Å². The zero-order chi connectivity index (χ0) is 17.4. The predicted octanol–water partition coefficient (Wildman–Crippen LogP) is 2.41. The normalized spacial score (nSPS) is 13.1. The summed E-state index contributed by atoms with van der Waals surface area (Å²) < 4.78 is 52.9. The van der Waals surface area contributed by atoms with Crippen LogP contribution in [0.5, 0.6) is 0 Å². The number of amides is 1. The number of hydrogen-bond donors (Lipinski definition) is 3. The summed E-state index contributed by atoms with van der Waals surface area (Å²) in [6.07, 6.45) is -6.39. The van der Waals surface area contributed by atoms with E-state index in [0.29, 0.717) is 10.5 Å². The van der Waals surface area contributed by atoms with Crippen LogP contribution in [0.2, 0.25) is 0 Å². The number of fused-ring (bicyclic) bond motifs is 1. The lowest BCUT2D eigenvalue weighted by molar-refractivity contribution is -0.141. The number of alkyl halides is 3. The molecule has 0 saturated carbocycles. The quantitative estimate of drug-likeness (QED) is 0.693. The van der Waals surface area contributed by atoms with E-state index in [0.717, 1.165) is 6.07 Å². The third-order valence-electron chi connectivity index (χ3n) is 2.94. The molecule has 0 aliphatic rings. The Kier molecular flexibility index (Phi) is 4.76. The molecule has 1 aromatic heterocycles. The van der Waals surface area contributed by atoms with Crippen molar-refractivity contribution >= 4 is 38.4 Å². The van der Waals surface area contributed by atoms with Gasteiger partial charge in [-0.3, -0.25) is 4.79 Å². The fourth-order valence-corrected chi connectivity index (χ4v) is 2.28. The van der Waals surface area contributed by atoms with Crippen LogP contribution in [0.4, 0.5) is 23.2 Å². The molecule has 0 aliphatic carbocycles. The molecule has 1 heterocycles. The van der Waals surface area contributed by atoms with Gasteiger partial charge >= 0.3 is 6.18 Å². The van der Waals surface area contributed by atoms with Crippen molar-refractivity contribution in [2.75, 3.05) is 11.9 Å². The zero-order valence-corrected chi connectivity index (χ0v) is 12.9. The van der Waals surface area contributed by atoms with Crippen molar-refractivity contribution in [1.29, 1.82) is 0 Å². The molecule has 1 aromatic carbocycles. The summed E-state index contributed by atoms with van der Waals surface area (Å²) in [5, 5.41) is 11.9. The Morgan fingerprint density at radius 3 is 2.61 bits per heavy atom. The lowest BCUT2D eigenvalue weighted by Gasteiger charge is -2.15. The van der Waals surface area contributed by atoms with Crippen LogP contribution >= 0.6 is 15.9 Å². The minimum atomic E-state index is -4.79. The van der Waals surface area contributed by atoms with Crippen molar-refractivity contribution in [3.05, 3.63) is 34.2 Å². The number of benzene rings is 1. The predicted molar refractivity (Wildman–Crippen MR) is 78.1 cm³/mol. The van der Waals surface area contributed by atoms with Crippen LogP contribution in [-0.2, 0) is 11.0 Å². The number of nitrogens with two attached hydrogens (primary N) is 1. The van der Waals surface area contributed by atoms with Crippen molar-refractivity contribution < 1.29 is 27.5 Å². The molecule has 0 saturated heterocycles. The highest BCUT2D eigenvalue weighted by Gasteiger charge is 2.34. The van der Waals surface area contributed by atoms with Gasteiger partial charge in [0.1, 0.15) is 17.3 Å². The maximum Gasteiger partial charge on any atom is 0.433 e. The van der Waals surface area contributed by atoms with E-state index in [9.17, 15) is 27.5 Å². The third kappa shape index (κ3) is 3.88. The molecule has 0 bridgehead atoms. The average molecular weight is 396 g/mol. The summed E-state index contributed by atoms with van der Waals surface area (Å²) in [7, 11) is 0. The Morgan fingerprint density at radius 2 is 2.04 bits per heavy atom. The summed E-state index contributed by atoms with van der Waals surface area (Å²) in [5.41, 5.74) is 2.94. The van der Waals surface area contributed by atoms with Gasteiger partial charge in [-0.25, -0.2) is 9.37 Å². The summed E-state index contributed by atoms with van der Waals surface area (Å²) in [6, 6.07) is 3.02. The lowest BCUT2D eigenvalue weighted by Crippen LogP contribution is -2.34. The van der Waals surface area contributed by atoms with Crippen molar-refractivity contribution in [3.8, 4) is 0 Å². The highest BCUT2D eigenvalue weighted by Crippen LogP contribution is 2.35. The van der Waals surface area contributed by atoms with E-state index in [1.807, 2.05) is 0 Å². The fourth-order valence-electron chi connectivity index (χ4n) is 1.85. The lowest BCUT2D eigenvalue weighted by atomic mass is 10.1. The Bertz CT molecular complexity index is 767. The molecule has 1 amide bonds. The second-order valence-corrected chi connectivity index (χ2v) is 5.55. The maximum absolute atomic E-state index is 13.9. The molecule has 4 N–H and O–H groups in total. The molecular weight excluding hydrogens is 386 g/mol. The van der Waals surface area contributed by atoms with Crippen LogP contribution in [0.25, 0.3) is 10.9 Å². The van der Waals surface area contributed by atoms with Crippen molar-refractivity contribution in [3.63, 3.8) is 0 Å². The van der Waals surface area contributed by atoms with Crippen LogP contribution in [-0.4, -0.2) is 28.6 Å². The number of primary amides is 1. The number of rotatable bonds is 4. The first-order valence-electron chi connectivity index (χ1n) is 6.18. The number of aliphatic hydroxyl groups excluding tert-OH is 1. The van der Waals surface area contributed by atoms with E-state index < -0.39 is 41.8 Å². The number of aromatic nitrogens is 1. The molecule has 0 spiro atoms. The fraction of sp³-hybridized carbons (Fsp3) is 0.231. The highest BCUT2D eigenvalue weighted by molar-refractivity contribution is 9.10. The zero-order valence-electron chi connectivity index (χ0n) is 11.3. The number of carbonyl (C=O) groups excluding carboxylic acids is 1. The van der Waals surface area contributed by atoms with Gasteiger partial charge in [-0.1, -0.05) is 15.9 Å². The molecule has 124 valence electrons. The van der Waals surface area contributed by atoms with Crippen LogP contribution in [0, 0.1) is 5.82 Å². The van der Waals surface area contributed by atoms with Gasteiger partial charge in [0.15, 0.2) is 5.82 Å². The van der Waals surface area contributed by atoms with E-state index in [1.54, 1.807) is 0 Å². The molecule has 2 aromatic rings. The number of hydrogen-bond acceptors (Lipinski definition) is 4. The van der Waals surface area contributed by atoms with Crippen LogP contribution in [0.1, 0.15) is 5.69 Å². The molecule has 0 aliphatic heterocycles. The smallest absolute Gasteiger partial charge is 0.381 e. The van der Waals surface area contributed by atoms with Gasteiger partial charge in [-0.05, 0) is 18.2 Å². The number of anilines is 1. The van der Waals surface area contributed by atoms with Gasteiger partial charge in [-0.15, -0.1) is 0 Å². The highest BCUT2D eigenvalue weighted by atomic mass is 79.9. The first kappa shape index (κ1) is 17.4. The van der Waals surface area contributed by atoms with E-state index in [2.05, 4.69) is 26.2 Å². The molecule has 23 heavy (non-hydrogen) atoms. The molecule has 2 rings (SSSR count). The minimum absolute atomic E-state index is 0.0570. The monoisotopic (exact) mass is 395 g/mol. The molecule has 5 nitrogen and oxygen atoms in total. The van der Waals surface area contributed by atoms with Crippen LogP contribution in [0.15, 0.2) is 22.7 Å². The van der Waals surface area contributed by atoms with Gasteiger partial charge in [0.25, 0.3) is 0 Å². The Labute approximate surface area is 135 Å². The van der Waals surface area contributed by atoms with E-state index in [1.165, 1.54) is 6.07 Å². The number of nitrogens with zero attached hydrogens (tertiary/aromatic N) is 1. The van der Waals surface area contributed by atoms with Gasteiger partial charge in [0.05, 0.1) is 0 Å². The van der Waals surface area contributed by atoms with Crippen molar-refractivity contribution in [2.24, 2.45) is 5.73 Å². The topological polar surface area (TPSA) is 88.2 Å². The SMILES string of the molecule is NC(=O)[C@H](O)CNc1cc(C(F)(F)F)nc2c(F)cc(Br)cc12. The second-order valence-electron chi connectivity index (χ2n) is 4.64. The summed E-state index contributed by atoms with van der Waals surface area (Å²) in [5.74, 6) is -1.99. The van der Waals surface area contributed by atoms with Crippen LogP contribution < -0.4 is 11.1 Å². The standard InChI is InChI=1S/C13H10BrF4N3O2/c14-5-1-6-8(20-4-9(22)12(19)23)3-10(13(16,17)18)21-11(6)7(15)2-5/h1-3,9,22H,4H2,(H2,19,23)(H,20,21)/t9-/m1/s1. The Morgan fingerprint density at radius 1 is 1.39 bits per heavy atom. The van der Waals surface area contributed by atoms with Gasteiger partial charge < -0.3 is 16.2 Å². The number of carbonyl (C=O) groups is 1. The Balaban J connectivity index is 2.57. The molecule has 0 unspecified atom stereocenters. The number of halogens is 5. The summed E-state index contributed by atoms with van der Waals surface area (Å²) in [6.45, 7) is -0.431. The number of aliphatic hydroxyl groups is 1. The molecule has 1 atom stereocenters. The average Bonchev–Trinajstić information content (AvgIpc) is 2.43. The maximum atomic E-state index is 13.9. The Hall–Kier alpha value is -1.94. The van der Waals surface area contributed by atoms with Gasteiger partial charge in [0, 0.05) is 22.1 Å². The molecular formula is C13H10BrF4N3O2. The first-order chi connectivity index (χ1) is 10.6. The number of pyridine rings is 1.